The number of hydrogen-bond donors (Lipinski definition) is 2. The third kappa shape index (κ3) is 4.01. The van der Waals surface area contributed by atoms with Gasteiger partial charge in [-0.25, -0.2) is 9.37 Å². The van der Waals surface area contributed by atoms with E-state index in [-0.39, 0.29) is 16.4 Å². The summed E-state index contributed by atoms with van der Waals surface area (Å²) >= 11 is 5.83. The number of rotatable bonds is 4. The summed E-state index contributed by atoms with van der Waals surface area (Å²) in [4.78, 5) is 34.4. The summed E-state index contributed by atoms with van der Waals surface area (Å²) < 4.78 is 14.9. The van der Waals surface area contributed by atoms with Crippen molar-refractivity contribution in [2.45, 2.75) is 6.54 Å². The van der Waals surface area contributed by atoms with E-state index in [4.69, 9.17) is 11.6 Å². The van der Waals surface area contributed by atoms with E-state index in [2.05, 4.69) is 25.1 Å². The van der Waals surface area contributed by atoms with Crippen molar-refractivity contribution in [2.75, 3.05) is 38.1 Å². The maximum Gasteiger partial charge on any atom is 0.269 e. The molecule has 156 valence electrons. The number of halogens is 2. The normalized spacial score (nSPS) is 14.8. The molecule has 3 aromatic rings. The molecule has 0 spiro atoms. The van der Waals surface area contributed by atoms with Gasteiger partial charge in [-0.05, 0) is 18.2 Å². The van der Waals surface area contributed by atoms with E-state index < -0.39 is 11.4 Å². The number of pyridine rings is 2. The van der Waals surface area contributed by atoms with Crippen molar-refractivity contribution in [2.24, 2.45) is 0 Å². The first-order valence-corrected chi connectivity index (χ1v) is 9.99. The third-order valence-corrected chi connectivity index (χ3v) is 5.61. The van der Waals surface area contributed by atoms with Crippen molar-refractivity contribution < 1.29 is 9.18 Å². The Morgan fingerprint density at radius 2 is 2.00 bits per heavy atom. The molecule has 4 rings (SSSR count). The van der Waals surface area contributed by atoms with Gasteiger partial charge in [-0.3, -0.25) is 14.5 Å². The Kier molecular flexibility index (Phi) is 5.69. The van der Waals surface area contributed by atoms with Crippen LogP contribution in [0.1, 0.15) is 16.1 Å². The Bertz CT molecular complexity index is 1140. The number of fused-ring (bicyclic) bond motifs is 1. The number of aromatic amines is 1. The summed E-state index contributed by atoms with van der Waals surface area (Å²) in [7, 11) is 1.57. The molecule has 0 saturated carbocycles. The van der Waals surface area contributed by atoms with Crippen molar-refractivity contribution in [3.8, 4) is 0 Å². The molecule has 1 amide bonds. The van der Waals surface area contributed by atoms with Gasteiger partial charge in [-0.2, -0.15) is 0 Å². The lowest BCUT2D eigenvalue weighted by Gasteiger charge is -2.36. The molecule has 1 aliphatic heterocycles. The zero-order chi connectivity index (χ0) is 21.3. The molecule has 30 heavy (non-hydrogen) atoms. The molecule has 0 radical (unpaired) electrons. The van der Waals surface area contributed by atoms with E-state index >= 15 is 0 Å². The summed E-state index contributed by atoms with van der Waals surface area (Å²) in [5.74, 6) is -0.634. The minimum atomic E-state index is -0.495. The van der Waals surface area contributed by atoms with Crippen LogP contribution in [0.15, 0.2) is 41.3 Å². The summed E-state index contributed by atoms with van der Waals surface area (Å²) in [6.07, 6.45) is 1.70. The highest BCUT2D eigenvalue weighted by Gasteiger charge is 2.20. The number of hydrogen-bond acceptors (Lipinski definition) is 5. The molecule has 7 nitrogen and oxygen atoms in total. The highest BCUT2D eigenvalue weighted by molar-refractivity contribution is 6.31. The molecule has 2 aromatic heterocycles. The van der Waals surface area contributed by atoms with Crippen LogP contribution >= 0.6 is 11.6 Å². The first kappa shape index (κ1) is 20.3. The number of H-pyrrole nitrogens is 1. The molecule has 1 saturated heterocycles. The van der Waals surface area contributed by atoms with Gasteiger partial charge in [-0.15, -0.1) is 0 Å². The molecule has 1 aromatic carbocycles. The largest absolute Gasteiger partial charge is 0.368 e. The summed E-state index contributed by atoms with van der Waals surface area (Å²) in [6, 6.07) is 8.58. The van der Waals surface area contributed by atoms with Gasteiger partial charge in [0.1, 0.15) is 10.7 Å². The predicted molar refractivity (Wildman–Crippen MR) is 115 cm³/mol. The van der Waals surface area contributed by atoms with Crippen LogP contribution in [-0.2, 0) is 6.54 Å². The van der Waals surface area contributed by atoms with Gasteiger partial charge < -0.3 is 15.2 Å². The van der Waals surface area contributed by atoms with E-state index in [0.29, 0.717) is 23.2 Å². The zero-order valence-electron chi connectivity index (χ0n) is 16.4. The molecular weight excluding hydrogens is 409 g/mol. The third-order valence-electron chi connectivity index (χ3n) is 5.33. The monoisotopic (exact) mass is 429 g/mol. The Balaban J connectivity index is 1.42. The number of piperazine rings is 1. The van der Waals surface area contributed by atoms with Gasteiger partial charge >= 0.3 is 0 Å². The quantitative estimate of drug-likeness (QED) is 0.665. The minimum Gasteiger partial charge on any atom is -0.368 e. The van der Waals surface area contributed by atoms with Crippen molar-refractivity contribution in [1.29, 1.82) is 0 Å². The number of carbonyl (C=O) groups is 1. The average Bonchev–Trinajstić information content (AvgIpc) is 2.77. The molecule has 9 heteroatoms. The number of nitrogens with zero attached hydrogens (tertiary/aromatic N) is 3. The molecule has 0 unspecified atom stereocenters. The maximum atomic E-state index is 14.9. The molecule has 0 atom stereocenters. The maximum absolute atomic E-state index is 14.9. The smallest absolute Gasteiger partial charge is 0.269 e. The number of carbonyl (C=O) groups excluding carboxylic acids is 1. The van der Waals surface area contributed by atoms with Gasteiger partial charge in [0.2, 0.25) is 0 Å². The standard InChI is InChI=1S/C21H21ClFN5O2/c1-24-21(30)17-5-4-15(11-25-17)28-8-6-27(7-9-28)12-14-3-2-13-10-16(22)20(29)26-19(13)18(14)23/h2-5,10-11H,6-9,12H2,1H3,(H,24,30)(H,26,29). The van der Waals surface area contributed by atoms with Crippen LogP contribution in [0.3, 0.4) is 0 Å². The van der Waals surface area contributed by atoms with E-state index in [0.717, 1.165) is 31.9 Å². The predicted octanol–water partition coefficient (Wildman–Crippen LogP) is 2.40. The number of aromatic nitrogens is 2. The van der Waals surface area contributed by atoms with E-state index in [1.807, 2.05) is 6.07 Å². The van der Waals surface area contributed by atoms with Crippen LogP contribution in [0.5, 0.6) is 0 Å². The van der Waals surface area contributed by atoms with Crippen molar-refractivity contribution in [1.82, 2.24) is 20.2 Å². The average molecular weight is 430 g/mol. The van der Waals surface area contributed by atoms with E-state index in [1.165, 1.54) is 6.07 Å². The van der Waals surface area contributed by atoms with E-state index in [1.54, 1.807) is 31.4 Å². The molecule has 0 bridgehead atoms. The number of nitrogens with one attached hydrogen (secondary N) is 2. The summed E-state index contributed by atoms with van der Waals surface area (Å²) in [5.41, 5.74) is 1.55. The molecule has 2 N–H and O–H groups in total. The van der Waals surface area contributed by atoms with Crippen molar-refractivity contribution in [3.63, 3.8) is 0 Å². The van der Waals surface area contributed by atoms with Gasteiger partial charge in [0.25, 0.3) is 11.5 Å². The van der Waals surface area contributed by atoms with Gasteiger partial charge in [0, 0.05) is 50.7 Å². The second kappa shape index (κ2) is 8.41. The fourth-order valence-electron chi connectivity index (χ4n) is 3.62. The van der Waals surface area contributed by atoms with Gasteiger partial charge in [0.15, 0.2) is 5.82 Å². The number of benzene rings is 1. The second-order valence-electron chi connectivity index (χ2n) is 7.19. The minimum absolute atomic E-state index is 0.0450. The molecule has 3 heterocycles. The van der Waals surface area contributed by atoms with Gasteiger partial charge in [0.05, 0.1) is 17.4 Å². The molecular formula is C21H21ClFN5O2. The van der Waals surface area contributed by atoms with Crippen LogP contribution in [0.25, 0.3) is 10.9 Å². The van der Waals surface area contributed by atoms with Crippen LogP contribution in [0.2, 0.25) is 5.02 Å². The fourth-order valence-corrected chi connectivity index (χ4v) is 3.78. The Labute approximate surface area is 177 Å². The van der Waals surface area contributed by atoms with Crippen molar-refractivity contribution >= 4 is 34.1 Å². The fraction of sp³-hybridized carbons (Fsp3) is 0.286. The Morgan fingerprint density at radius 3 is 2.67 bits per heavy atom. The number of amides is 1. The summed E-state index contributed by atoms with van der Waals surface area (Å²) in [5, 5.41) is 3.17. The Hall–Kier alpha value is -2.97. The van der Waals surface area contributed by atoms with Crippen molar-refractivity contribution in [3.05, 3.63) is 69.0 Å². The van der Waals surface area contributed by atoms with Gasteiger partial charge in [-0.1, -0.05) is 23.7 Å². The molecule has 1 aliphatic rings. The van der Waals surface area contributed by atoms with Crippen LogP contribution < -0.4 is 15.8 Å². The second-order valence-corrected chi connectivity index (χ2v) is 7.60. The first-order valence-electron chi connectivity index (χ1n) is 9.61. The van der Waals surface area contributed by atoms with E-state index in [9.17, 15) is 14.0 Å². The summed E-state index contributed by atoms with van der Waals surface area (Å²) in [6.45, 7) is 3.50. The van der Waals surface area contributed by atoms with Crippen LogP contribution in [-0.4, -0.2) is 54.0 Å². The Morgan fingerprint density at radius 1 is 1.23 bits per heavy atom. The zero-order valence-corrected chi connectivity index (χ0v) is 17.2. The SMILES string of the molecule is CNC(=O)c1ccc(N2CCN(Cc3ccc4cc(Cl)c(=O)[nH]c4c3F)CC2)cn1. The number of anilines is 1. The lowest BCUT2D eigenvalue weighted by molar-refractivity contribution is 0.0958. The molecule has 1 fully saturated rings. The van der Waals surface area contributed by atoms with Crippen LogP contribution in [0.4, 0.5) is 10.1 Å². The lowest BCUT2D eigenvalue weighted by Crippen LogP contribution is -2.46. The lowest BCUT2D eigenvalue weighted by atomic mass is 10.1. The highest BCUT2D eigenvalue weighted by Crippen LogP contribution is 2.22. The van der Waals surface area contributed by atoms with Crippen LogP contribution in [0, 0.1) is 5.82 Å². The molecule has 0 aliphatic carbocycles. The highest BCUT2D eigenvalue weighted by atomic mass is 35.5. The topological polar surface area (TPSA) is 81.3 Å². The first-order chi connectivity index (χ1) is 14.5.